The summed E-state index contributed by atoms with van der Waals surface area (Å²) < 4.78 is 0. The number of hydrogen-bond donors (Lipinski definition) is 0. The van der Waals surface area contributed by atoms with Crippen molar-refractivity contribution < 1.29 is 4.79 Å². The van der Waals surface area contributed by atoms with Crippen LogP contribution in [0.3, 0.4) is 0 Å². The van der Waals surface area contributed by atoms with Gasteiger partial charge in [0.1, 0.15) is 5.41 Å². The first-order valence-corrected chi connectivity index (χ1v) is 8.20. The molecule has 1 amide bonds. The Balaban J connectivity index is 1.55. The van der Waals surface area contributed by atoms with Gasteiger partial charge in [-0.15, -0.1) is 0 Å². The maximum atomic E-state index is 12.7. The van der Waals surface area contributed by atoms with Gasteiger partial charge in [0.25, 0.3) is 0 Å². The number of amides is 1. The molecule has 1 aliphatic heterocycles. The lowest BCUT2D eigenvalue weighted by Crippen LogP contribution is -2.52. The minimum Gasteiger partial charge on any atom is -0.339 e. The normalized spacial score (nSPS) is 21.5. The molecule has 22 heavy (non-hydrogen) atoms. The van der Waals surface area contributed by atoms with Gasteiger partial charge in [-0.05, 0) is 18.4 Å². The van der Waals surface area contributed by atoms with E-state index in [2.05, 4.69) is 35.2 Å². The summed E-state index contributed by atoms with van der Waals surface area (Å²) in [6.45, 7) is 4.21. The van der Waals surface area contributed by atoms with Crippen LogP contribution in [0.4, 0.5) is 0 Å². The third kappa shape index (κ3) is 3.00. The molecular weight excluding hydrogens is 274 g/mol. The molecule has 0 radical (unpaired) electrons. The summed E-state index contributed by atoms with van der Waals surface area (Å²) in [6.07, 6.45) is 3.50. The summed E-state index contributed by atoms with van der Waals surface area (Å²) >= 11 is 0. The second-order valence-corrected chi connectivity index (χ2v) is 6.45. The quantitative estimate of drug-likeness (QED) is 0.861. The van der Waals surface area contributed by atoms with Gasteiger partial charge in [0.05, 0.1) is 6.07 Å². The van der Waals surface area contributed by atoms with Crippen LogP contribution in [-0.4, -0.2) is 41.9 Å². The van der Waals surface area contributed by atoms with Crippen LogP contribution in [0.2, 0.25) is 0 Å². The second kappa shape index (κ2) is 6.50. The number of carbonyl (C=O) groups excluding carboxylic acids is 1. The highest BCUT2D eigenvalue weighted by Crippen LogP contribution is 2.39. The minimum atomic E-state index is -0.721. The standard InChI is InChI=1S/C18H23N3O/c19-15-18(8-4-5-9-18)17(22)21-12-10-20(11-13-21)14-16-6-2-1-3-7-16/h1-3,6-7H,4-5,8-14H2. The lowest BCUT2D eigenvalue weighted by atomic mass is 9.86. The predicted molar refractivity (Wildman–Crippen MR) is 84.8 cm³/mol. The van der Waals surface area contributed by atoms with Crippen molar-refractivity contribution in [1.82, 2.24) is 9.80 Å². The van der Waals surface area contributed by atoms with E-state index in [9.17, 15) is 10.1 Å². The Labute approximate surface area is 132 Å². The number of rotatable bonds is 3. The molecule has 0 unspecified atom stereocenters. The minimum absolute atomic E-state index is 0.0758. The first kappa shape index (κ1) is 15.1. The van der Waals surface area contributed by atoms with Gasteiger partial charge in [-0.1, -0.05) is 43.2 Å². The molecule has 1 aromatic carbocycles. The van der Waals surface area contributed by atoms with Crippen molar-refractivity contribution in [2.75, 3.05) is 26.2 Å². The zero-order valence-electron chi connectivity index (χ0n) is 13.0. The van der Waals surface area contributed by atoms with Gasteiger partial charge in [-0.2, -0.15) is 5.26 Å². The third-order valence-electron chi connectivity index (χ3n) is 4.99. The van der Waals surface area contributed by atoms with Crippen molar-refractivity contribution in [2.24, 2.45) is 5.41 Å². The molecule has 0 aromatic heterocycles. The predicted octanol–water partition coefficient (Wildman–Crippen LogP) is 2.41. The van der Waals surface area contributed by atoms with Gasteiger partial charge in [0, 0.05) is 32.7 Å². The number of nitrogens with zero attached hydrogens (tertiary/aromatic N) is 3. The maximum absolute atomic E-state index is 12.7. The Hall–Kier alpha value is -1.86. The molecule has 1 aliphatic carbocycles. The monoisotopic (exact) mass is 297 g/mol. The van der Waals surface area contributed by atoms with E-state index in [1.165, 1.54) is 5.56 Å². The average Bonchev–Trinajstić information content (AvgIpc) is 3.06. The van der Waals surface area contributed by atoms with Gasteiger partial charge in [0.2, 0.25) is 5.91 Å². The molecule has 4 heteroatoms. The topological polar surface area (TPSA) is 47.3 Å². The summed E-state index contributed by atoms with van der Waals surface area (Å²) in [7, 11) is 0. The van der Waals surface area contributed by atoms with Crippen LogP contribution in [0.25, 0.3) is 0 Å². The van der Waals surface area contributed by atoms with E-state index in [1.807, 2.05) is 11.0 Å². The molecule has 2 fully saturated rings. The van der Waals surface area contributed by atoms with E-state index in [4.69, 9.17) is 0 Å². The molecule has 1 saturated heterocycles. The van der Waals surface area contributed by atoms with Crippen molar-refractivity contribution in [3.05, 3.63) is 35.9 Å². The number of carbonyl (C=O) groups is 1. The van der Waals surface area contributed by atoms with E-state index < -0.39 is 5.41 Å². The van der Waals surface area contributed by atoms with Crippen LogP contribution < -0.4 is 0 Å². The smallest absolute Gasteiger partial charge is 0.243 e. The first-order valence-electron chi connectivity index (χ1n) is 8.20. The van der Waals surface area contributed by atoms with Gasteiger partial charge in [-0.3, -0.25) is 9.69 Å². The van der Waals surface area contributed by atoms with Crippen LogP contribution in [0.15, 0.2) is 30.3 Å². The van der Waals surface area contributed by atoms with E-state index in [0.717, 1.165) is 58.4 Å². The molecule has 0 bridgehead atoms. The van der Waals surface area contributed by atoms with Crippen LogP contribution in [0.1, 0.15) is 31.2 Å². The molecule has 0 spiro atoms. The maximum Gasteiger partial charge on any atom is 0.243 e. The van der Waals surface area contributed by atoms with Gasteiger partial charge < -0.3 is 4.90 Å². The molecule has 3 rings (SSSR count). The third-order valence-corrected chi connectivity index (χ3v) is 4.99. The van der Waals surface area contributed by atoms with Crippen molar-refractivity contribution in [3.8, 4) is 6.07 Å². The van der Waals surface area contributed by atoms with E-state index >= 15 is 0 Å². The molecule has 116 valence electrons. The molecule has 1 heterocycles. The Morgan fingerprint density at radius 2 is 1.73 bits per heavy atom. The van der Waals surface area contributed by atoms with E-state index in [-0.39, 0.29) is 5.91 Å². The lowest BCUT2D eigenvalue weighted by Gasteiger charge is -2.37. The molecule has 0 N–H and O–H groups in total. The van der Waals surface area contributed by atoms with Gasteiger partial charge in [0.15, 0.2) is 0 Å². The highest BCUT2D eigenvalue weighted by atomic mass is 16.2. The number of piperazine rings is 1. The van der Waals surface area contributed by atoms with E-state index in [1.54, 1.807) is 0 Å². The van der Waals surface area contributed by atoms with E-state index in [0.29, 0.717) is 0 Å². The molecule has 1 saturated carbocycles. The van der Waals surface area contributed by atoms with Crippen LogP contribution in [-0.2, 0) is 11.3 Å². The lowest BCUT2D eigenvalue weighted by molar-refractivity contribution is -0.140. The summed E-state index contributed by atoms with van der Waals surface area (Å²) in [4.78, 5) is 17.0. The van der Waals surface area contributed by atoms with Gasteiger partial charge >= 0.3 is 0 Å². The Kier molecular flexibility index (Phi) is 4.44. The molecule has 2 aliphatic rings. The summed E-state index contributed by atoms with van der Waals surface area (Å²) in [5.74, 6) is 0.0758. The fourth-order valence-electron chi connectivity index (χ4n) is 3.61. The highest BCUT2D eigenvalue weighted by Gasteiger charge is 2.44. The summed E-state index contributed by atoms with van der Waals surface area (Å²) in [5.41, 5.74) is 0.591. The number of hydrogen-bond acceptors (Lipinski definition) is 3. The zero-order valence-corrected chi connectivity index (χ0v) is 13.0. The van der Waals surface area contributed by atoms with Crippen LogP contribution in [0, 0.1) is 16.7 Å². The molecular formula is C18H23N3O. The molecule has 4 nitrogen and oxygen atoms in total. The second-order valence-electron chi connectivity index (χ2n) is 6.45. The van der Waals surface area contributed by atoms with Gasteiger partial charge in [-0.25, -0.2) is 0 Å². The SMILES string of the molecule is N#CC1(C(=O)N2CCN(Cc3ccccc3)CC2)CCCC1. The average molecular weight is 297 g/mol. The summed E-state index contributed by atoms with van der Waals surface area (Å²) in [6, 6.07) is 12.8. The summed E-state index contributed by atoms with van der Waals surface area (Å²) in [5, 5.41) is 9.46. The van der Waals surface area contributed by atoms with Crippen molar-refractivity contribution in [2.45, 2.75) is 32.2 Å². The first-order chi connectivity index (χ1) is 10.7. The largest absolute Gasteiger partial charge is 0.339 e. The van der Waals surface area contributed by atoms with Crippen LogP contribution in [0.5, 0.6) is 0 Å². The molecule has 1 aromatic rings. The van der Waals surface area contributed by atoms with Crippen molar-refractivity contribution in [1.29, 1.82) is 5.26 Å². The fraction of sp³-hybridized carbons (Fsp3) is 0.556. The van der Waals surface area contributed by atoms with Crippen LogP contribution >= 0.6 is 0 Å². The highest BCUT2D eigenvalue weighted by molar-refractivity contribution is 5.86. The molecule has 0 atom stereocenters. The Bertz CT molecular complexity index is 549. The fourth-order valence-corrected chi connectivity index (χ4v) is 3.61. The Morgan fingerprint density at radius 3 is 2.32 bits per heavy atom. The van der Waals surface area contributed by atoms with Crippen molar-refractivity contribution >= 4 is 5.91 Å². The Morgan fingerprint density at radius 1 is 1.09 bits per heavy atom. The number of benzene rings is 1. The number of nitriles is 1. The van der Waals surface area contributed by atoms with Crippen molar-refractivity contribution in [3.63, 3.8) is 0 Å². The zero-order chi connectivity index (χ0) is 15.4.